The van der Waals surface area contributed by atoms with E-state index in [4.69, 9.17) is 21.1 Å². The van der Waals surface area contributed by atoms with Crippen molar-refractivity contribution in [3.8, 4) is 5.75 Å². The minimum atomic E-state index is -3.91. The molecule has 1 amide bonds. The Morgan fingerprint density at radius 2 is 1.72 bits per heavy atom. The van der Waals surface area contributed by atoms with E-state index in [1.54, 1.807) is 60.7 Å². The van der Waals surface area contributed by atoms with E-state index in [1.807, 2.05) is 6.92 Å². The average Bonchev–Trinajstić information content (AvgIpc) is 2.78. The van der Waals surface area contributed by atoms with Gasteiger partial charge in [0, 0.05) is 12.3 Å². The largest absolute Gasteiger partial charge is 0.490 e. The minimum absolute atomic E-state index is 0.0172. The Morgan fingerprint density at radius 1 is 0.969 bits per heavy atom. The van der Waals surface area contributed by atoms with Gasteiger partial charge in [0.1, 0.15) is 12.4 Å². The van der Waals surface area contributed by atoms with Gasteiger partial charge in [0.25, 0.3) is 15.9 Å². The number of hydrogen-bond donors (Lipinski definition) is 2. The van der Waals surface area contributed by atoms with E-state index in [-0.39, 0.29) is 15.6 Å². The SMILES string of the molecule is CCOCCOc1ccccc1C(=O)Nc1cccc(S(=O)(=O)Nc2ccccc2Cl)c1. The van der Waals surface area contributed by atoms with Crippen LogP contribution in [0.15, 0.2) is 77.7 Å². The van der Waals surface area contributed by atoms with Crippen LogP contribution in [0.1, 0.15) is 17.3 Å². The molecule has 0 saturated heterocycles. The first-order valence-electron chi connectivity index (χ1n) is 9.89. The third kappa shape index (κ3) is 6.23. The second-order valence-corrected chi connectivity index (χ2v) is 8.70. The lowest BCUT2D eigenvalue weighted by atomic mass is 10.2. The highest BCUT2D eigenvalue weighted by atomic mass is 35.5. The highest BCUT2D eigenvalue weighted by Gasteiger charge is 2.18. The number of amides is 1. The summed E-state index contributed by atoms with van der Waals surface area (Å²) in [6, 6.07) is 19.3. The molecule has 0 aliphatic rings. The van der Waals surface area contributed by atoms with Crippen LogP contribution in [0.5, 0.6) is 5.75 Å². The van der Waals surface area contributed by atoms with Crippen LogP contribution in [0, 0.1) is 0 Å². The molecule has 9 heteroatoms. The maximum atomic E-state index is 12.8. The van der Waals surface area contributed by atoms with Crippen molar-refractivity contribution in [1.29, 1.82) is 0 Å². The quantitative estimate of drug-likeness (QED) is 0.411. The van der Waals surface area contributed by atoms with Crippen LogP contribution in [0.3, 0.4) is 0 Å². The molecule has 3 aromatic carbocycles. The van der Waals surface area contributed by atoms with Crippen LogP contribution in [-0.2, 0) is 14.8 Å². The third-order valence-electron chi connectivity index (χ3n) is 4.34. The zero-order chi connectivity index (χ0) is 23.0. The van der Waals surface area contributed by atoms with E-state index < -0.39 is 15.9 Å². The summed E-state index contributed by atoms with van der Waals surface area (Å²) in [5, 5.41) is 3.00. The van der Waals surface area contributed by atoms with E-state index in [0.717, 1.165) is 0 Å². The zero-order valence-electron chi connectivity index (χ0n) is 17.4. The Labute approximate surface area is 192 Å². The van der Waals surface area contributed by atoms with Gasteiger partial charge >= 0.3 is 0 Å². The summed E-state index contributed by atoms with van der Waals surface area (Å²) in [6.07, 6.45) is 0. The second kappa shape index (κ2) is 11.0. The summed E-state index contributed by atoms with van der Waals surface area (Å²) in [6.45, 7) is 3.18. The van der Waals surface area contributed by atoms with Crippen molar-refractivity contribution in [2.24, 2.45) is 0 Å². The lowest BCUT2D eigenvalue weighted by Gasteiger charge is -2.13. The van der Waals surface area contributed by atoms with Gasteiger partial charge in [0.2, 0.25) is 0 Å². The fourth-order valence-corrected chi connectivity index (χ4v) is 4.19. The van der Waals surface area contributed by atoms with Crippen LogP contribution in [-0.4, -0.2) is 34.1 Å². The summed E-state index contributed by atoms with van der Waals surface area (Å²) in [7, 11) is -3.91. The first kappa shape index (κ1) is 23.6. The summed E-state index contributed by atoms with van der Waals surface area (Å²) < 4.78 is 38.9. The highest BCUT2D eigenvalue weighted by Crippen LogP contribution is 2.25. The smallest absolute Gasteiger partial charge is 0.262 e. The fraction of sp³-hybridized carbons (Fsp3) is 0.174. The van der Waals surface area contributed by atoms with Gasteiger partial charge in [0.05, 0.1) is 27.8 Å². The molecular weight excluding hydrogens is 452 g/mol. The van der Waals surface area contributed by atoms with E-state index in [9.17, 15) is 13.2 Å². The summed E-state index contributed by atoms with van der Waals surface area (Å²) in [5.74, 6) is -0.0144. The molecule has 7 nitrogen and oxygen atoms in total. The topological polar surface area (TPSA) is 93.7 Å². The molecule has 0 aliphatic carbocycles. The second-order valence-electron chi connectivity index (χ2n) is 6.61. The van der Waals surface area contributed by atoms with Gasteiger partial charge in [-0.15, -0.1) is 0 Å². The predicted octanol–water partition coefficient (Wildman–Crippen LogP) is 4.81. The molecule has 2 N–H and O–H groups in total. The maximum Gasteiger partial charge on any atom is 0.262 e. The van der Waals surface area contributed by atoms with E-state index >= 15 is 0 Å². The Morgan fingerprint density at radius 3 is 2.50 bits per heavy atom. The first-order valence-corrected chi connectivity index (χ1v) is 11.7. The molecule has 0 saturated carbocycles. The number of hydrogen-bond acceptors (Lipinski definition) is 5. The molecular formula is C23H23ClN2O5S. The maximum absolute atomic E-state index is 12.8. The van der Waals surface area contributed by atoms with Crippen molar-refractivity contribution >= 4 is 38.9 Å². The number of halogens is 1. The van der Waals surface area contributed by atoms with Gasteiger partial charge in [-0.05, 0) is 49.4 Å². The van der Waals surface area contributed by atoms with Crippen molar-refractivity contribution < 1.29 is 22.7 Å². The third-order valence-corrected chi connectivity index (χ3v) is 6.03. The van der Waals surface area contributed by atoms with Crippen LogP contribution in [0.2, 0.25) is 5.02 Å². The van der Waals surface area contributed by atoms with Crippen LogP contribution >= 0.6 is 11.6 Å². The average molecular weight is 475 g/mol. The molecule has 0 radical (unpaired) electrons. The number of rotatable bonds is 10. The number of benzene rings is 3. The summed E-state index contributed by atoms with van der Waals surface area (Å²) in [4.78, 5) is 12.8. The molecule has 32 heavy (non-hydrogen) atoms. The number of nitrogens with one attached hydrogen (secondary N) is 2. The monoisotopic (exact) mass is 474 g/mol. The normalized spacial score (nSPS) is 11.1. The van der Waals surface area contributed by atoms with Crippen LogP contribution in [0.25, 0.3) is 0 Å². The number of anilines is 2. The van der Waals surface area contributed by atoms with Crippen molar-refractivity contribution in [1.82, 2.24) is 0 Å². The van der Waals surface area contributed by atoms with Gasteiger partial charge in [-0.25, -0.2) is 8.42 Å². The van der Waals surface area contributed by atoms with E-state index in [2.05, 4.69) is 10.0 Å². The highest BCUT2D eigenvalue weighted by molar-refractivity contribution is 7.92. The molecule has 0 spiro atoms. The predicted molar refractivity (Wildman–Crippen MR) is 125 cm³/mol. The van der Waals surface area contributed by atoms with Crippen molar-refractivity contribution in [3.05, 3.63) is 83.4 Å². The molecule has 0 aliphatic heterocycles. The number of ether oxygens (including phenoxy) is 2. The summed E-state index contributed by atoms with van der Waals surface area (Å²) >= 11 is 6.05. The Hall–Kier alpha value is -3.07. The molecule has 168 valence electrons. The molecule has 0 bridgehead atoms. The van der Waals surface area contributed by atoms with E-state index in [1.165, 1.54) is 12.1 Å². The van der Waals surface area contributed by atoms with Gasteiger partial charge in [-0.3, -0.25) is 9.52 Å². The minimum Gasteiger partial charge on any atom is -0.490 e. The molecule has 0 unspecified atom stereocenters. The lowest BCUT2D eigenvalue weighted by Crippen LogP contribution is -2.16. The molecule has 0 atom stereocenters. The number of para-hydroxylation sites is 2. The van der Waals surface area contributed by atoms with Crippen LogP contribution < -0.4 is 14.8 Å². The lowest BCUT2D eigenvalue weighted by molar-refractivity contribution is 0.0998. The van der Waals surface area contributed by atoms with E-state index in [0.29, 0.717) is 36.8 Å². The number of sulfonamides is 1. The Balaban J connectivity index is 1.75. The molecule has 3 rings (SSSR count). The van der Waals surface area contributed by atoms with Gasteiger partial charge in [-0.1, -0.05) is 41.9 Å². The Bertz CT molecular complexity index is 1180. The summed E-state index contributed by atoms with van der Waals surface area (Å²) in [5.41, 5.74) is 0.911. The molecule has 3 aromatic rings. The first-order chi connectivity index (χ1) is 15.4. The molecule has 0 aromatic heterocycles. The number of carbonyl (C=O) groups is 1. The van der Waals surface area contributed by atoms with Gasteiger partial charge in [0.15, 0.2) is 0 Å². The fourth-order valence-electron chi connectivity index (χ4n) is 2.82. The number of carbonyl (C=O) groups excluding carboxylic acids is 1. The van der Waals surface area contributed by atoms with Crippen molar-refractivity contribution in [2.75, 3.05) is 29.9 Å². The molecule has 0 heterocycles. The van der Waals surface area contributed by atoms with Gasteiger partial charge in [-0.2, -0.15) is 0 Å². The molecule has 0 fully saturated rings. The standard InChI is InChI=1S/C23H23ClN2O5S/c1-2-30-14-15-31-22-13-6-3-10-19(22)23(27)25-17-8-7-9-18(16-17)32(28,29)26-21-12-5-4-11-20(21)24/h3-13,16,26H,2,14-15H2,1H3,(H,25,27). The Kier molecular flexibility index (Phi) is 8.10. The van der Waals surface area contributed by atoms with Gasteiger partial charge < -0.3 is 14.8 Å². The van der Waals surface area contributed by atoms with Crippen LogP contribution in [0.4, 0.5) is 11.4 Å². The van der Waals surface area contributed by atoms with Crippen molar-refractivity contribution in [2.45, 2.75) is 11.8 Å². The van der Waals surface area contributed by atoms with Crippen molar-refractivity contribution in [3.63, 3.8) is 0 Å². The zero-order valence-corrected chi connectivity index (χ0v) is 18.9.